The second-order valence-electron chi connectivity index (χ2n) is 3.44. The van der Waals surface area contributed by atoms with Crippen LogP contribution in [0.3, 0.4) is 0 Å². The van der Waals surface area contributed by atoms with Crippen LogP contribution in [-0.2, 0) is 6.54 Å². The Kier molecular flexibility index (Phi) is 4.12. The Morgan fingerprint density at radius 1 is 1.24 bits per heavy atom. The smallest absolute Gasteiger partial charge is 0.128 e. The first-order chi connectivity index (χ1) is 8.16. The van der Waals surface area contributed by atoms with Crippen LogP contribution >= 0.6 is 31.9 Å². The number of hydrogen-bond donors (Lipinski definition) is 1. The van der Waals surface area contributed by atoms with Gasteiger partial charge in [-0.05, 0) is 40.2 Å². The Labute approximate surface area is 116 Å². The molecule has 2 aromatic rings. The first kappa shape index (κ1) is 12.5. The van der Waals surface area contributed by atoms with Gasteiger partial charge >= 0.3 is 0 Å². The van der Waals surface area contributed by atoms with Crippen molar-refractivity contribution in [2.24, 2.45) is 0 Å². The molecule has 0 fully saturated rings. The summed E-state index contributed by atoms with van der Waals surface area (Å²) >= 11 is 6.70. The molecule has 1 N–H and O–H groups in total. The average Bonchev–Trinajstić information content (AvgIpc) is 2.32. The predicted molar refractivity (Wildman–Crippen MR) is 73.4 cm³/mol. The number of pyridine rings is 1. The van der Waals surface area contributed by atoms with Crippen LogP contribution in [-0.4, -0.2) is 4.98 Å². The van der Waals surface area contributed by atoms with Gasteiger partial charge in [0.1, 0.15) is 5.82 Å². The van der Waals surface area contributed by atoms with Crippen LogP contribution in [0.1, 0.15) is 5.56 Å². The molecule has 2 rings (SSSR count). The van der Waals surface area contributed by atoms with Crippen LogP contribution in [0.4, 0.5) is 10.1 Å². The fourth-order valence-electron chi connectivity index (χ4n) is 1.39. The summed E-state index contributed by atoms with van der Waals surface area (Å²) in [5.41, 5.74) is 1.50. The Morgan fingerprint density at radius 3 is 2.82 bits per heavy atom. The van der Waals surface area contributed by atoms with Gasteiger partial charge in [-0.1, -0.05) is 15.9 Å². The van der Waals surface area contributed by atoms with Gasteiger partial charge in [-0.15, -0.1) is 0 Å². The first-order valence-corrected chi connectivity index (χ1v) is 6.53. The standard InChI is InChI=1S/C12H9Br2FN2/c13-9-1-2-11(15)8(5-9)6-17-12-3-4-16-7-10(12)14/h1-5,7H,6H2,(H,16,17). The van der Waals surface area contributed by atoms with Crippen LogP contribution in [0, 0.1) is 5.82 Å². The van der Waals surface area contributed by atoms with E-state index in [1.165, 1.54) is 6.07 Å². The minimum Gasteiger partial charge on any atom is -0.380 e. The van der Waals surface area contributed by atoms with E-state index in [1.54, 1.807) is 24.5 Å². The van der Waals surface area contributed by atoms with E-state index in [9.17, 15) is 4.39 Å². The number of aromatic nitrogens is 1. The van der Waals surface area contributed by atoms with E-state index in [1.807, 2.05) is 6.07 Å². The van der Waals surface area contributed by atoms with Gasteiger partial charge in [0.2, 0.25) is 0 Å². The van der Waals surface area contributed by atoms with Crippen LogP contribution in [0.25, 0.3) is 0 Å². The third-order valence-electron chi connectivity index (χ3n) is 2.25. The molecule has 5 heteroatoms. The van der Waals surface area contributed by atoms with E-state index in [0.717, 1.165) is 14.6 Å². The lowest BCUT2D eigenvalue weighted by Gasteiger charge is -2.09. The monoisotopic (exact) mass is 358 g/mol. The van der Waals surface area contributed by atoms with Crippen molar-refractivity contribution in [1.82, 2.24) is 4.98 Å². The van der Waals surface area contributed by atoms with Crippen LogP contribution < -0.4 is 5.32 Å². The number of halogens is 3. The van der Waals surface area contributed by atoms with E-state index >= 15 is 0 Å². The molecule has 1 aromatic heterocycles. The normalized spacial score (nSPS) is 10.3. The summed E-state index contributed by atoms with van der Waals surface area (Å²) in [7, 11) is 0. The van der Waals surface area contributed by atoms with Crippen molar-refractivity contribution in [3.63, 3.8) is 0 Å². The summed E-state index contributed by atoms with van der Waals surface area (Å²) in [5.74, 6) is -0.217. The minimum absolute atomic E-state index is 0.217. The maximum atomic E-state index is 13.5. The minimum atomic E-state index is -0.217. The molecule has 0 saturated carbocycles. The zero-order valence-electron chi connectivity index (χ0n) is 8.75. The summed E-state index contributed by atoms with van der Waals surface area (Å²) in [6, 6.07) is 6.72. The van der Waals surface area contributed by atoms with Gasteiger partial charge in [-0.25, -0.2) is 4.39 Å². The Bertz CT molecular complexity index is 532. The Balaban J connectivity index is 2.12. The highest BCUT2D eigenvalue weighted by atomic mass is 79.9. The lowest BCUT2D eigenvalue weighted by Crippen LogP contribution is -2.02. The van der Waals surface area contributed by atoms with Gasteiger partial charge in [-0.3, -0.25) is 4.98 Å². The SMILES string of the molecule is Fc1ccc(Br)cc1CNc1ccncc1Br. The fraction of sp³-hybridized carbons (Fsp3) is 0.0833. The highest BCUT2D eigenvalue weighted by molar-refractivity contribution is 9.10. The van der Waals surface area contributed by atoms with Crippen molar-refractivity contribution in [3.05, 3.63) is 57.0 Å². The quantitative estimate of drug-likeness (QED) is 0.880. The second kappa shape index (κ2) is 5.60. The maximum Gasteiger partial charge on any atom is 0.128 e. The third-order valence-corrected chi connectivity index (χ3v) is 3.37. The molecule has 0 aliphatic carbocycles. The zero-order valence-corrected chi connectivity index (χ0v) is 11.9. The molecule has 88 valence electrons. The van der Waals surface area contributed by atoms with Crippen molar-refractivity contribution < 1.29 is 4.39 Å². The molecule has 0 saturated heterocycles. The van der Waals surface area contributed by atoms with E-state index in [-0.39, 0.29) is 5.82 Å². The van der Waals surface area contributed by atoms with Crippen molar-refractivity contribution >= 4 is 37.5 Å². The van der Waals surface area contributed by atoms with Crippen LogP contribution in [0.2, 0.25) is 0 Å². The van der Waals surface area contributed by atoms with E-state index < -0.39 is 0 Å². The van der Waals surface area contributed by atoms with Gasteiger partial charge < -0.3 is 5.32 Å². The number of hydrogen-bond acceptors (Lipinski definition) is 2. The predicted octanol–water partition coefficient (Wildman–Crippen LogP) is 4.36. The zero-order chi connectivity index (χ0) is 12.3. The van der Waals surface area contributed by atoms with Crippen molar-refractivity contribution in [3.8, 4) is 0 Å². The molecular weight excluding hydrogens is 351 g/mol. The molecule has 0 bridgehead atoms. The molecule has 0 atom stereocenters. The summed E-state index contributed by atoms with van der Waals surface area (Å²) in [6.07, 6.45) is 3.38. The van der Waals surface area contributed by atoms with E-state index in [0.29, 0.717) is 12.1 Å². The number of anilines is 1. The van der Waals surface area contributed by atoms with E-state index in [2.05, 4.69) is 42.2 Å². The Hall–Kier alpha value is -0.940. The molecule has 0 unspecified atom stereocenters. The largest absolute Gasteiger partial charge is 0.380 e. The summed E-state index contributed by atoms with van der Waals surface area (Å²) in [6.45, 7) is 0.424. The van der Waals surface area contributed by atoms with Gasteiger partial charge in [0.05, 0.1) is 10.2 Å². The molecule has 0 spiro atoms. The number of nitrogens with one attached hydrogen (secondary N) is 1. The number of nitrogens with zero attached hydrogens (tertiary/aromatic N) is 1. The van der Waals surface area contributed by atoms with Crippen molar-refractivity contribution in [2.45, 2.75) is 6.54 Å². The van der Waals surface area contributed by atoms with Gasteiger partial charge in [-0.2, -0.15) is 0 Å². The average molecular weight is 360 g/mol. The third kappa shape index (κ3) is 3.26. The lowest BCUT2D eigenvalue weighted by atomic mass is 10.2. The second-order valence-corrected chi connectivity index (χ2v) is 5.21. The molecule has 2 nitrogen and oxygen atoms in total. The number of benzene rings is 1. The molecule has 17 heavy (non-hydrogen) atoms. The molecule has 0 aliphatic heterocycles. The molecule has 0 radical (unpaired) electrons. The van der Waals surface area contributed by atoms with Gasteiger partial charge in [0.25, 0.3) is 0 Å². The summed E-state index contributed by atoms with van der Waals surface area (Å²) < 4.78 is 15.2. The summed E-state index contributed by atoms with van der Waals surface area (Å²) in [4.78, 5) is 3.96. The molecule has 1 aromatic carbocycles. The van der Waals surface area contributed by atoms with Gasteiger partial charge in [0.15, 0.2) is 0 Å². The molecule has 1 heterocycles. The molecule has 0 amide bonds. The summed E-state index contributed by atoms with van der Waals surface area (Å²) in [5, 5.41) is 3.15. The molecular formula is C12H9Br2FN2. The molecule has 0 aliphatic rings. The Morgan fingerprint density at radius 2 is 2.06 bits per heavy atom. The highest BCUT2D eigenvalue weighted by Gasteiger charge is 2.04. The maximum absolute atomic E-state index is 13.5. The topological polar surface area (TPSA) is 24.9 Å². The number of rotatable bonds is 3. The van der Waals surface area contributed by atoms with Crippen molar-refractivity contribution in [1.29, 1.82) is 0 Å². The van der Waals surface area contributed by atoms with Crippen LogP contribution in [0.5, 0.6) is 0 Å². The van der Waals surface area contributed by atoms with E-state index in [4.69, 9.17) is 0 Å². The van der Waals surface area contributed by atoms with Crippen molar-refractivity contribution in [2.75, 3.05) is 5.32 Å². The fourth-order valence-corrected chi connectivity index (χ4v) is 2.19. The first-order valence-electron chi connectivity index (χ1n) is 4.94. The van der Waals surface area contributed by atoms with Crippen LogP contribution in [0.15, 0.2) is 45.6 Å². The highest BCUT2D eigenvalue weighted by Crippen LogP contribution is 2.22. The lowest BCUT2D eigenvalue weighted by molar-refractivity contribution is 0.612. The van der Waals surface area contributed by atoms with Gasteiger partial charge in [0, 0.05) is 29.0 Å².